The van der Waals surface area contributed by atoms with Crippen LogP contribution in [-0.4, -0.2) is 31.6 Å². The lowest BCUT2D eigenvalue weighted by atomic mass is 10.2. The minimum Gasteiger partial charge on any atom is -0.315 e. The van der Waals surface area contributed by atoms with E-state index < -0.39 is 0 Å². The van der Waals surface area contributed by atoms with Crippen LogP contribution in [0.15, 0.2) is 28.7 Å². The van der Waals surface area contributed by atoms with Crippen molar-refractivity contribution >= 4 is 15.9 Å². The number of hydrogen-bond acceptors (Lipinski definition) is 2. The molecule has 0 heterocycles. The Labute approximate surface area is 107 Å². The molecule has 0 aliphatic heterocycles. The average Bonchev–Trinajstić information content (AvgIpc) is 2.28. The van der Waals surface area contributed by atoms with Gasteiger partial charge in [-0.25, -0.2) is 0 Å². The quantitative estimate of drug-likeness (QED) is 0.775. The number of nitrogens with one attached hydrogen (secondary N) is 1. The van der Waals surface area contributed by atoms with E-state index in [9.17, 15) is 0 Å². The Kier molecular flexibility index (Phi) is 6.69. The Bertz CT molecular complexity index is 284. The molecule has 0 aliphatic rings. The zero-order valence-electron chi connectivity index (χ0n) is 10.2. The van der Waals surface area contributed by atoms with Gasteiger partial charge >= 0.3 is 0 Å². The molecular weight excluding hydrogens is 264 g/mol. The van der Waals surface area contributed by atoms with Gasteiger partial charge in [-0.15, -0.1) is 0 Å². The first-order valence-electron chi connectivity index (χ1n) is 5.86. The van der Waals surface area contributed by atoms with Crippen LogP contribution in [-0.2, 0) is 6.54 Å². The van der Waals surface area contributed by atoms with Gasteiger partial charge in [-0.05, 0) is 37.7 Å². The van der Waals surface area contributed by atoms with Crippen molar-refractivity contribution in [2.75, 3.05) is 26.7 Å². The molecule has 0 bridgehead atoms. The van der Waals surface area contributed by atoms with Crippen LogP contribution in [0.25, 0.3) is 0 Å². The van der Waals surface area contributed by atoms with Gasteiger partial charge in [-0.3, -0.25) is 0 Å². The maximum Gasteiger partial charge on any atom is 0.0231 e. The summed E-state index contributed by atoms with van der Waals surface area (Å²) in [5.74, 6) is 0. The molecule has 0 amide bonds. The second kappa shape index (κ2) is 7.82. The molecule has 1 aromatic carbocycles. The summed E-state index contributed by atoms with van der Waals surface area (Å²) in [6.07, 6.45) is 1.20. The smallest absolute Gasteiger partial charge is 0.0231 e. The van der Waals surface area contributed by atoms with Gasteiger partial charge in [0.1, 0.15) is 0 Å². The van der Waals surface area contributed by atoms with Crippen LogP contribution in [0.4, 0.5) is 0 Å². The molecule has 0 saturated heterocycles. The van der Waals surface area contributed by atoms with Gasteiger partial charge in [0.05, 0.1) is 0 Å². The molecule has 1 aromatic rings. The lowest BCUT2D eigenvalue weighted by Gasteiger charge is -2.16. The normalized spacial score (nSPS) is 11.0. The molecule has 0 aromatic heterocycles. The molecule has 0 spiro atoms. The number of likely N-dealkylation sites (N-methyl/N-ethyl adjacent to an activating group) is 1. The molecule has 0 radical (unpaired) electrons. The molecule has 0 saturated carbocycles. The summed E-state index contributed by atoms with van der Waals surface area (Å²) in [7, 11) is 2.16. The summed E-state index contributed by atoms with van der Waals surface area (Å²) >= 11 is 3.45. The summed E-state index contributed by atoms with van der Waals surface area (Å²) < 4.78 is 1.14. The van der Waals surface area contributed by atoms with Crippen LogP contribution in [0.1, 0.15) is 18.9 Å². The van der Waals surface area contributed by atoms with Crippen molar-refractivity contribution in [3.63, 3.8) is 0 Å². The summed E-state index contributed by atoms with van der Waals surface area (Å²) in [6, 6.07) is 8.52. The predicted octanol–water partition coefficient (Wildman–Crippen LogP) is 2.88. The van der Waals surface area contributed by atoms with E-state index in [2.05, 4.69) is 64.4 Å². The molecule has 0 atom stereocenters. The molecule has 0 aliphatic carbocycles. The van der Waals surface area contributed by atoms with E-state index in [1.54, 1.807) is 0 Å². The lowest BCUT2D eigenvalue weighted by Crippen LogP contribution is -2.29. The first kappa shape index (κ1) is 13.7. The Morgan fingerprint density at radius 3 is 2.50 bits per heavy atom. The molecule has 16 heavy (non-hydrogen) atoms. The van der Waals surface area contributed by atoms with E-state index >= 15 is 0 Å². The summed E-state index contributed by atoms with van der Waals surface area (Å²) in [5.41, 5.74) is 1.36. The fraction of sp³-hybridized carbons (Fsp3) is 0.538. The summed E-state index contributed by atoms with van der Waals surface area (Å²) in [5, 5.41) is 3.41. The van der Waals surface area contributed by atoms with Crippen LogP contribution >= 0.6 is 15.9 Å². The van der Waals surface area contributed by atoms with Crippen molar-refractivity contribution in [3.8, 4) is 0 Å². The van der Waals surface area contributed by atoms with E-state index in [0.29, 0.717) is 0 Å². The fourth-order valence-electron chi connectivity index (χ4n) is 1.55. The average molecular weight is 285 g/mol. The third kappa shape index (κ3) is 5.64. The maximum atomic E-state index is 3.45. The minimum atomic E-state index is 1.01. The Morgan fingerprint density at radius 2 is 1.88 bits per heavy atom. The van der Waals surface area contributed by atoms with Crippen LogP contribution < -0.4 is 5.32 Å². The van der Waals surface area contributed by atoms with Crippen molar-refractivity contribution in [2.45, 2.75) is 19.9 Å². The van der Waals surface area contributed by atoms with Crippen LogP contribution in [0.2, 0.25) is 0 Å². The van der Waals surface area contributed by atoms with Gasteiger partial charge in [-0.2, -0.15) is 0 Å². The van der Waals surface area contributed by atoms with Crippen molar-refractivity contribution in [3.05, 3.63) is 34.3 Å². The molecule has 3 heteroatoms. The summed E-state index contributed by atoms with van der Waals surface area (Å²) in [6.45, 7) is 6.49. The van der Waals surface area contributed by atoms with Gasteiger partial charge in [0, 0.05) is 24.1 Å². The van der Waals surface area contributed by atoms with Crippen LogP contribution in [0.5, 0.6) is 0 Å². The topological polar surface area (TPSA) is 15.3 Å². The third-order valence-corrected chi connectivity index (χ3v) is 2.99. The van der Waals surface area contributed by atoms with Gasteiger partial charge in [0.25, 0.3) is 0 Å². The fourth-order valence-corrected chi connectivity index (χ4v) is 1.82. The van der Waals surface area contributed by atoms with Gasteiger partial charge in [-0.1, -0.05) is 35.0 Å². The predicted molar refractivity (Wildman–Crippen MR) is 73.6 cm³/mol. The van der Waals surface area contributed by atoms with Gasteiger partial charge in [0.15, 0.2) is 0 Å². The van der Waals surface area contributed by atoms with Crippen molar-refractivity contribution < 1.29 is 0 Å². The Hall–Kier alpha value is -0.380. The standard InChI is InChI=1S/C13H21BrN2/c1-3-8-15-9-10-16(2)11-12-4-6-13(14)7-5-12/h4-7,15H,3,8-11H2,1-2H3. The first-order valence-corrected chi connectivity index (χ1v) is 6.65. The second-order valence-corrected chi connectivity index (χ2v) is 5.03. The van der Waals surface area contributed by atoms with E-state index in [0.717, 1.165) is 30.7 Å². The lowest BCUT2D eigenvalue weighted by molar-refractivity contribution is 0.324. The Balaban J connectivity index is 2.23. The molecular formula is C13H21BrN2. The number of rotatable bonds is 7. The zero-order valence-corrected chi connectivity index (χ0v) is 11.8. The molecule has 2 nitrogen and oxygen atoms in total. The van der Waals surface area contributed by atoms with Crippen molar-refractivity contribution in [1.82, 2.24) is 10.2 Å². The van der Waals surface area contributed by atoms with Crippen LogP contribution in [0, 0.1) is 0 Å². The third-order valence-electron chi connectivity index (χ3n) is 2.46. The zero-order chi connectivity index (χ0) is 11.8. The van der Waals surface area contributed by atoms with E-state index in [-0.39, 0.29) is 0 Å². The molecule has 1 N–H and O–H groups in total. The monoisotopic (exact) mass is 284 g/mol. The van der Waals surface area contributed by atoms with Crippen molar-refractivity contribution in [1.29, 1.82) is 0 Å². The molecule has 0 fully saturated rings. The van der Waals surface area contributed by atoms with Gasteiger partial charge < -0.3 is 10.2 Å². The van der Waals surface area contributed by atoms with Gasteiger partial charge in [0.2, 0.25) is 0 Å². The summed E-state index contributed by atoms with van der Waals surface area (Å²) in [4.78, 5) is 2.34. The largest absolute Gasteiger partial charge is 0.315 e. The maximum absolute atomic E-state index is 3.45. The molecule has 0 unspecified atom stereocenters. The number of halogens is 1. The highest BCUT2D eigenvalue weighted by molar-refractivity contribution is 9.10. The molecule has 1 rings (SSSR count). The Morgan fingerprint density at radius 1 is 1.19 bits per heavy atom. The number of nitrogens with zero attached hydrogens (tertiary/aromatic N) is 1. The van der Waals surface area contributed by atoms with E-state index in [1.165, 1.54) is 12.0 Å². The minimum absolute atomic E-state index is 1.01. The number of benzene rings is 1. The SMILES string of the molecule is CCCNCCN(C)Cc1ccc(Br)cc1. The van der Waals surface area contributed by atoms with Crippen molar-refractivity contribution in [2.24, 2.45) is 0 Å². The van der Waals surface area contributed by atoms with E-state index in [1.807, 2.05) is 0 Å². The highest BCUT2D eigenvalue weighted by Gasteiger charge is 1.99. The highest BCUT2D eigenvalue weighted by Crippen LogP contribution is 2.11. The van der Waals surface area contributed by atoms with E-state index in [4.69, 9.17) is 0 Å². The second-order valence-electron chi connectivity index (χ2n) is 4.11. The number of hydrogen-bond donors (Lipinski definition) is 1. The highest BCUT2D eigenvalue weighted by atomic mass is 79.9. The molecule has 90 valence electrons. The first-order chi connectivity index (χ1) is 7.72. The van der Waals surface area contributed by atoms with Crippen LogP contribution in [0.3, 0.4) is 0 Å².